The van der Waals surface area contributed by atoms with Gasteiger partial charge in [-0.3, -0.25) is 0 Å². The van der Waals surface area contributed by atoms with Crippen LogP contribution in [0.3, 0.4) is 0 Å². The average Bonchev–Trinajstić information content (AvgIpc) is 2.47. The quantitative estimate of drug-likeness (QED) is 0.736. The summed E-state index contributed by atoms with van der Waals surface area (Å²) >= 11 is 0. The van der Waals surface area contributed by atoms with Crippen LogP contribution < -0.4 is 0 Å². The van der Waals surface area contributed by atoms with Gasteiger partial charge in [-0.05, 0) is 38.0 Å². The highest BCUT2D eigenvalue weighted by Gasteiger charge is 2.57. The van der Waals surface area contributed by atoms with Gasteiger partial charge in [-0.15, -0.1) is 0 Å². The van der Waals surface area contributed by atoms with Crippen molar-refractivity contribution in [1.82, 2.24) is 0 Å². The van der Waals surface area contributed by atoms with E-state index in [1.807, 2.05) is 6.92 Å². The van der Waals surface area contributed by atoms with Crippen LogP contribution in [0.1, 0.15) is 59.8 Å². The van der Waals surface area contributed by atoms with E-state index in [9.17, 15) is 15.0 Å². The lowest BCUT2D eigenvalue weighted by Gasteiger charge is -2.47. The van der Waals surface area contributed by atoms with Gasteiger partial charge in [-0.2, -0.15) is 0 Å². The Hall–Kier alpha value is -0.650. The Morgan fingerprint density at radius 3 is 2.62 bits per heavy atom. The first-order valence-corrected chi connectivity index (χ1v) is 7.92. The molecule has 0 aromatic rings. The number of ether oxygens (including phenoxy) is 2. The molecule has 21 heavy (non-hydrogen) atoms. The summed E-state index contributed by atoms with van der Waals surface area (Å²) in [4.78, 5) is 11.7. The van der Waals surface area contributed by atoms with Crippen LogP contribution in [0.15, 0.2) is 0 Å². The molecular formula is C16H30O5. The number of carbonyl (C=O) groups is 1. The molecule has 0 unspecified atom stereocenters. The number of hydrogen-bond donors (Lipinski definition) is 2. The zero-order valence-corrected chi connectivity index (χ0v) is 13.9. The zero-order chi connectivity index (χ0) is 16.3. The van der Waals surface area contributed by atoms with Gasteiger partial charge in [-0.1, -0.05) is 27.2 Å². The Bertz CT molecular complexity index is 355. The number of carbonyl (C=O) groups excluding carboxylic acids is 1. The van der Waals surface area contributed by atoms with Crippen molar-refractivity contribution in [3.63, 3.8) is 0 Å². The van der Waals surface area contributed by atoms with Crippen molar-refractivity contribution in [2.24, 2.45) is 11.8 Å². The van der Waals surface area contributed by atoms with E-state index in [0.717, 1.165) is 25.7 Å². The molecule has 5 heteroatoms. The summed E-state index contributed by atoms with van der Waals surface area (Å²) < 4.78 is 10.4. The maximum absolute atomic E-state index is 11.7. The molecule has 0 aliphatic carbocycles. The summed E-state index contributed by atoms with van der Waals surface area (Å²) in [6.07, 6.45) is 3.68. The maximum atomic E-state index is 11.7. The van der Waals surface area contributed by atoms with E-state index >= 15 is 0 Å². The summed E-state index contributed by atoms with van der Waals surface area (Å²) in [5.74, 6) is -1.81. The molecule has 1 aliphatic rings. The lowest BCUT2D eigenvalue weighted by molar-refractivity contribution is -0.332. The van der Waals surface area contributed by atoms with Gasteiger partial charge in [-0.25, -0.2) is 4.79 Å². The maximum Gasteiger partial charge on any atom is 0.343 e. The second-order valence-electron chi connectivity index (χ2n) is 6.46. The van der Waals surface area contributed by atoms with E-state index in [1.165, 1.54) is 14.0 Å². The first kappa shape index (κ1) is 18.4. The van der Waals surface area contributed by atoms with E-state index in [0.29, 0.717) is 11.8 Å². The lowest BCUT2D eigenvalue weighted by atomic mass is 9.78. The third-order valence-corrected chi connectivity index (χ3v) is 4.87. The number of hydrogen-bond acceptors (Lipinski definition) is 5. The molecule has 1 fully saturated rings. The Balaban J connectivity index is 2.86. The van der Waals surface area contributed by atoms with Crippen LogP contribution >= 0.6 is 0 Å². The van der Waals surface area contributed by atoms with E-state index in [2.05, 4.69) is 18.6 Å². The molecule has 1 saturated heterocycles. The van der Waals surface area contributed by atoms with Crippen molar-refractivity contribution in [3.05, 3.63) is 0 Å². The summed E-state index contributed by atoms with van der Waals surface area (Å²) in [6.45, 7) is 7.61. The predicted molar refractivity (Wildman–Crippen MR) is 79.5 cm³/mol. The van der Waals surface area contributed by atoms with Crippen molar-refractivity contribution in [1.29, 1.82) is 0 Å². The highest BCUT2D eigenvalue weighted by Crippen LogP contribution is 2.41. The Kier molecular flexibility index (Phi) is 6.20. The molecule has 0 amide bonds. The van der Waals surface area contributed by atoms with Crippen LogP contribution in [-0.2, 0) is 14.3 Å². The van der Waals surface area contributed by atoms with Gasteiger partial charge in [0.05, 0.1) is 13.2 Å². The van der Waals surface area contributed by atoms with Crippen molar-refractivity contribution in [2.45, 2.75) is 77.3 Å². The summed E-state index contributed by atoms with van der Waals surface area (Å²) in [7, 11) is 1.19. The van der Waals surface area contributed by atoms with Crippen molar-refractivity contribution in [2.75, 3.05) is 7.11 Å². The van der Waals surface area contributed by atoms with Gasteiger partial charge in [0, 0.05) is 6.42 Å². The Morgan fingerprint density at radius 1 is 1.52 bits per heavy atom. The lowest BCUT2D eigenvalue weighted by Crippen LogP contribution is -2.63. The predicted octanol–water partition coefficient (Wildman–Crippen LogP) is 2.24. The molecule has 1 rings (SSSR count). The van der Waals surface area contributed by atoms with E-state index in [-0.39, 0.29) is 12.5 Å². The van der Waals surface area contributed by atoms with Gasteiger partial charge in [0.25, 0.3) is 0 Å². The monoisotopic (exact) mass is 302 g/mol. The largest absolute Gasteiger partial charge is 0.467 e. The molecule has 1 heterocycles. The van der Waals surface area contributed by atoms with Crippen LogP contribution in [0.2, 0.25) is 0 Å². The number of methoxy groups -OCH3 is 1. The normalized spacial score (nSPS) is 34.0. The number of rotatable bonds is 6. The highest BCUT2D eigenvalue weighted by molar-refractivity contribution is 5.80. The molecule has 0 aromatic carbocycles. The minimum atomic E-state index is -2.06. The third-order valence-electron chi connectivity index (χ3n) is 4.87. The van der Waals surface area contributed by atoms with Crippen LogP contribution in [0.5, 0.6) is 0 Å². The fourth-order valence-electron chi connectivity index (χ4n) is 3.06. The second kappa shape index (κ2) is 7.07. The third kappa shape index (κ3) is 3.76. The molecule has 0 bridgehead atoms. The first-order chi connectivity index (χ1) is 9.71. The molecule has 0 saturated carbocycles. The van der Waals surface area contributed by atoms with Crippen LogP contribution in [0.25, 0.3) is 0 Å². The van der Waals surface area contributed by atoms with E-state index < -0.39 is 17.4 Å². The molecule has 5 atom stereocenters. The van der Waals surface area contributed by atoms with Crippen molar-refractivity contribution in [3.8, 4) is 0 Å². The Labute approximate surface area is 127 Å². The molecule has 124 valence electrons. The van der Waals surface area contributed by atoms with Crippen LogP contribution in [-0.4, -0.2) is 40.8 Å². The van der Waals surface area contributed by atoms with Gasteiger partial charge in [0.15, 0.2) is 0 Å². The van der Waals surface area contributed by atoms with Crippen LogP contribution in [0.4, 0.5) is 0 Å². The molecule has 0 radical (unpaired) electrons. The van der Waals surface area contributed by atoms with Crippen molar-refractivity contribution < 1.29 is 24.5 Å². The topological polar surface area (TPSA) is 76.0 Å². The van der Waals surface area contributed by atoms with Gasteiger partial charge in [0.1, 0.15) is 0 Å². The molecular weight excluding hydrogens is 272 g/mol. The minimum Gasteiger partial charge on any atom is -0.467 e. The standard InChI is InChI=1S/C16H30O5/c1-6-11(3)10-12-8-9-16(19,21-13(12)7-2)15(4,18)14(17)20-5/h11-13,18-19H,6-10H2,1-5H3/t11-,12+,13+,15+,16+/m0/s1. The van der Waals surface area contributed by atoms with Crippen LogP contribution in [0, 0.1) is 11.8 Å². The fourth-order valence-corrected chi connectivity index (χ4v) is 3.06. The molecule has 5 nitrogen and oxygen atoms in total. The number of esters is 1. The van der Waals surface area contributed by atoms with E-state index in [4.69, 9.17) is 4.74 Å². The van der Waals surface area contributed by atoms with Crippen molar-refractivity contribution >= 4 is 5.97 Å². The summed E-state index contributed by atoms with van der Waals surface area (Å²) in [5, 5.41) is 21.0. The Morgan fingerprint density at radius 2 is 2.14 bits per heavy atom. The first-order valence-electron chi connectivity index (χ1n) is 7.92. The molecule has 2 N–H and O–H groups in total. The SMILES string of the molecule is CC[C@H](C)C[C@H]1CC[C@](O)([C@](C)(O)C(=O)OC)O[C@@H]1CC. The summed E-state index contributed by atoms with van der Waals surface area (Å²) in [5.41, 5.74) is -2.06. The van der Waals surface area contributed by atoms with Gasteiger partial charge in [0.2, 0.25) is 11.4 Å². The average molecular weight is 302 g/mol. The zero-order valence-electron chi connectivity index (χ0n) is 13.9. The van der Waals surface area contributed by atoms with E-state index in [1.54, 1.807) is 0 Å². The smallest absolute Gasteiger partial charge is 0.343 e. The minimum absolute atomic E-state index is 0.158. The van der Waals surface area contributed by atoms with Gasteiger partial charge >= 0.3 is 5.97 Å². The molecule has 0 spiro atoms. The highest BCUT2D eigenvalue weighted by atomic mass is 16.7. The summed E-state index contributed by atoms with van der Waals surface area (Å²) in [6, 6.07) is 0. The fraction of sp³-hybridized carbons (Fsp3) is 0.938. The van der Waals surface area contributed by atoms with Gasteiger partial charge < -0.3 is 19.7 Å². The molecule has 1 aliphatic heterocycles. The molecule has 0 aromatic heterocycles. The second-order valence-corrected chi connectivity index (χ2v) is 6.46. The number of aliphatic hydroxyl groups is 2.